The van der Waals surface area contributed by atoms with Gasteiger partial charge in [-0.2, -0.15) is 0 Å². The lowest BCUT2D eigenvalue weighted by molar-refractivity contribution is -0.138. The van der Waals surface area contributed by atoms with E-state index in [4.69, 9.17) is 5.11 Å². The molecule has 3 heteroatoms. The van der Waals surface area contributed by atoms with Crippen LogP contribution in [0.1, 0.15) is 44.2 Å². The molecule has 3 nitrogen and oxygen atoms in total. The number of carbonyl (C=O) groups is 1. The number of hydrogen-bond acceptors (Lipinski definition) is 2. The molecule has 0 fully saturated rings. The highest BCUT2D eigenvalue weighted by atomic mass is 16.4. The number of aliphatic hydroxyl groups excluding tert-OH is 1. The molecule has 0 saturated heterocycles. The molecule has 0 aliphatic carbocycles. The molecule has 0 radical (unpaired) electrons. The summed E-state index contributed by atoms with van der Waals surface area (Å²) in [7, 11) is 0. The van der Waals surface area contributed by atoms with Crippen molar-refractivity contribution in [1.82, 2.24) is 0 Å². The topological polar surface area (TPSA) is 57.5 Å². The molecule has 0 heterocycles. The highest BCUT2D eigenvalue weighted by Crippen LogP contribution is 2.27. The summed E-state index contributed by atoms with van der Waals surface area (Å²) in [6.07, 6.45) is 0.568. The first-order chi connectivity index (χ1) is 7.92. The normalized spacial score (nSPS) is 13.4. The van der Waals surface area contributed by atoms with E-state index in [1.807, 2.05) is 45.0 Å². The zero-order valence-electron chi connectivity index (χ0n) is 10.6. The van der Waals surface area contributed by atoms with Crippen LogP contribution in [0.5, 0.6) is 0 Å². The fraction of sp³-hybridized carbons (Fsp3) is 0.500. The first-order valence-corrected chi connectivity index (χ1v) is 5.86. The molecule has 0 amide bonds. The smallest absolute Gasteiger partial charge is 0.310 e. The Morgan fingerprint density at radius 1 is 1.41 bits per heavy atom. The van der Waals surface area contributed by atoms with Crippen LogP contribution in [0.4, 0.5) is 0 Å². The Morgan fingerprint density at radius 3 is 2.53 bits per heavy atom. The van der Waals surface area contributed by atoms with Gasteiger partial charge in [0.25, 0.3) is 0 Å². The first kappa shape index (κ1) is 13.7. The van der Waals surface area contributed by atoms with Crippen molar-refractivity contribution in [2.45, 2.75) is 38.5 Å². The fourth-order valence-electron chi connectivity index (χ4n) is 1.82. The summed E-state index contributed by atoms with van der Waals surface area (Å²) in [5, 5.41) is 18.5. The highest BCUT2D eigenvalue weighted by molar-refractivity contribution is 5.76. The van der Waals surface area contributed by atoms with Gasteiger partial charge >= 0.3 is 5.97 Å². The van der Waals surface area contributed by atoms with Crippen molar-refractivity contribution in [3.05, 3.63) is 35.4 Å². The van der Waals surface area contributed by atoms with Gasteiger partial charge in [-0.3, -0.25) is 4.79 Å². The Labute approximate surface area is 102 Å². The van der Waals surface area contributed by atoms with E-state index in [-0.39, 0.29) is 12.0 Å². The van der Waals surface area contributed by atoms with Gasteiger partial charge in [-0.05, 0) is 17.5 Å². The van der Waals surface area contributed by atoms with Crippen LogP contribution >= 0.6 is 0 Å². The van der Waals surface area contributed by atoms with Crippen molar-refractivity contribution in [1.29, 1.82) is 0 Å². The van der Waals surface area contributed by atoms with Crippen molar-refractivity contribution < 1.29 is 15.0 Å². The number of hydrogen-bond donors (Lipinski definition) is 2. The summed E-state index contributed by atoms with van der Waals surface area (Å²) >= 11 is 0. The minimum atomic E-state index is -0.800. The van der Waals surface area contributed by atoms with Crippen LogP contribution in [0.2, 0.25) is 0 Å². The van der Waals surface area contributed by atoms with Gasteiger partial charge in [-0.25, -0.2) is 0 Å². The molecule has 0 bridgehead atoms. The second-order valence-electron chi connectivity index (χ2n) is 4.97. The Bertz CT molecular complexity index is 396. The third-order valence-electron chi connectivity index (χ3n) is 3.17. The van der Waals surface area contributed by atoms with E-state index in [1.165, 1.54) is 0 Å². The quantitative estimate of drug-likeness (QED) is 0.826. The van der Waals surface area contributed by atoms with Gasteiger partial charge in [-0.15, -0.1) is 0 Å². The molecule has 1 aromatic rings. The fourth-order valence-corrected chi connectivity index (χ4v) is 1.82. The van der Waals surface area contributed by atoms with E-state index in [9.17, 15) is 9.90 Å². The lowest BCUT2D eigenvalue weighted by Crippen LogP contribution is -2.22. The minimum Gasteiger partial charge on any atom is -0.481 e. The molecule has 0 spiro atoms. The van der Waals surface area contributed by atoms with Crippen LogP contribution < -0.4 is 0 Å². The monoisotopic (exact) mass is 236 g/mol. The molecular formula is C14H20O3. The van der Waals surface area contributed by atoms with Gasteiger partial charge in [0.2, 0.25) is 0 Å². The number of rotatable bonds is 5. The van der Waals surface area contributed by atoms with Crippen molar-refractivity contribution in [2.24, 2.45) is 0 Å². The summed E-state index contributed by atoms with van der Waals surface area (Å²) in [4.78, 5) is 11.1. The molecule has 17 heavy (non-hydrogen) atoms. The van der Waals surface area contributed by atoms with Crippen molar-refractivity contribution in [2.75, 3.05) is 6.61 Å². The SMILES string of the molecule is CCC(C(=O)O)c1cccc(C(C)(C)CO)c1. The van der Waals surface area contributed by atoms with Crippen LogP contribution in [-0.2, 0) is 10.2 Å². The molecule has 0 saturated carbocycles. The summed E-state index contributed by atoms with van der Waals surface area (Å²) < 4.78 is 0. The maximum absolute atomic E-state index is 11.1. The van der Waals surface area contributed by atoms with E-state index >= 15 is 0 Å². The van der Waals surface area contributed by atoms with Crippen LogP contribution in [0.3, 0.4) is 0 Å². The average molecular weight is 236 g/mol. The van der Waals surface area contributed by atoms with Gasteiger partial charge in [0.1, 0.15) is 0 Å². The van der Waals surface area contributed by atoms with Gasteiger partial charge in [0.15, 0.2) is 0 Å². The number of carboxylic acids is 1. The van der Waals surface area contributed by atoms with E-state index < -0.39 is 11.9 Å². The second kappa shape index (κ2) is 5.32. The third-order valence-corrected chi connectivity index (χ3v) is 3.17. The molecule has 1 aromatic carbocycles. The zero-order chi connectivity index (χ0) is 13.1. The van der Waals surface area contributed by atoms with Crippen molar-refractivity contribution in [3.63, 3.8) is 0 Å². The Kier molecular flexibility index (Phi) is 4.29. The minimum absolute atomic E-state index is 0.0420. The lowest BCUT2D eigenvalue weighted by atomic mass is 9.83. The van der Waals surface area contributed by atoms with Crippen LogP contribution in [-0.4, -0.2) is 22.8 Å². The Balaban J connectivity index is 3.12. The standard InChI is InChI=1S/C14H20O3/c1-4-12(13(16)17)10-6-5-7-11(8-10)14(2,3)9-15/h5-8,12,15H,4,9H2,1-3H3,(H,16,17). The van der Waals surface area contributed by atoms with E-state index in [1.54, 1.807) is 0 Å². The average Bonchev–Trinajstić information content (AvgIpc) is 2.30. The highest BCUT2D eigenvalue weighted by Gasteiger charge is 2.22. The molecule has 1 unspecified atom stereocenters. The molecule has 2 N–H and O–H groups in total. The molecule has 94 valence electrons. The summed E-state index contributed by atoms with van der Waals surface area (Å²) in [5.41, 5.74) is 1.43. The van der Waals surface area contributed by atoms with E-state index in [0.29, 0.717) is 6.42 Å². The lowest BCUT2D eigenvalue weighted by Gasteiger charge is -2.23. The molecule has 1 atom stereocenters. The van der Waals surface area contributed by atoms with Crippen LogP contribution in [0.25, 0.3) is 0 Å². The van der Waals surface area contributed by atoms with Gasteiger partial charge in [0.05, 0.1) is 12.5 Å². The number of carboxylic acid groups (broad SMARTS) is 1. The second-order valence-corrected chi connectivity index (χ2v) is 4.97. The summed E-state index contributed by atoms with van der Waals surface area (Å²) in [6.45, 7) is 5.78. The molecule has 0 aliphatic heterocycles. The van der Waals surface area contributed by atoms with Crippen LogP contribution in [0.15, 0.2) is 24.3 Å². The Hall–Kier alpha value is -1.35. The number of benzene rings is 1. The molecule has 0 aliphatic rings. The predicted octanol–water partition coefficient (Wildman–Crippen LogP) is 2.53. The predicted molar refractivity (Wildman–Crippen MR) is 67.2 cm³/mol. The van der Waals surface area contributed by atoms with Crippen LogP contribution in [0, 0.1) is 0 Å². The van der Waals surface area contributed by atoms with E-state index in [2.05, 4.69) is 0 Å². The molecular weight excluding hydrogens is 216 g/mol. The summed E-state index contributed by atoms with van der Waals surface area (Å²) in [5.74, 6) is -1.27. The summed E-state index contributed by atoms with van der Waals surface area (Å²) in [6, 6.07) is 7.50. The number of aliphatic hydroxyl groups is 1. The van der Waals surface area contributed by atoms with Crippen molar-refractivity contribution in [3.8, 4) is 0 Å². The Morgan fingerprint density at radius 2 is 2.06 bits per heavy atom. The van der Waals surface area contributed by atoms with Gasteiger partial charge < -0.3 is 10.2 Å². The van der Waals surface area contributed by atoms with Gasteiger partial charge in [0, 0.05) is 5.41 Å². The maximum atomic E-state index is 11.1. The van der Waals surface area contributed by atoms with E-state index in [0.717, 1.165) is 11.1 Å². The first-order valence-electron chi connectivity index (χ1n) is 5.86. The molecule has 1 rings (SSSR count). The van der Waals surface area contributed by atoms with Crippen molar-refractivity contribution >= 4 is 5.97 Å². The zero-order valence-corrected chi connectivity index (χ0v) is 10.6. The largest absolute Gasteiger partial charge is 0.481 e. The van der Waals surface area contributed by atoms with Gasteiger partial charge in [-0.1, -0.05) is 45.0 Å². The third kappa shape index (κ3) is 3.07. The number of aliphatic carboxylic acids is 1. The maximum Gasteiger partial charge on any atom is 0.310 e. The molecule has 0 aromatic heterocycles.